The highest BCUT2D eigenvalue weighted by Gasteiger charge is 2.35. The third-order valence-electron chi connectivity index (χ3n) is 3.97. The van der Waals surface area contributed by atoms with Gasteiger partial charge in [-0.3, -0.25) is 4.79 Å². The molecule has 2 aliphatic heterocycles. The van der Waals surface area contributed by atoms with Gasteiger partial charge in [0.2, 0.25) is 5.91 Å². The average Bonchev–Trinajstić information content (AvgIpc) is 2.96. The van der Waals surface area contributed by atoms with Crippen molar-refractivity contribution in [3.05, 3.63) is 33.8 Å². The predicted molar refractivity (Wildman–Crippen MR) is 86.9 cm³/mol. The largest absolute Gasteiger partial charge is 0.381 e. The molecule has 0 aliphatic carbocycles. The van der Waals surface area contributed by atoms with Gasteiger partial charge < -0.3 is 9.64 Å². The Kier molecular flexibility index (Phi) is 4.99. The summed E-state index contributed by atoms with van der Waals surface area (Å²) in [6, 6.07) is 5.51. The number of rotatable bonds is 2. The molecule has 3 nitrogen and oxygen atoms in total. The van der Waals surface area contributed by atoms with E-state index >= 15 is 0 Å². The van der Waals surface area contributed by atoms with Gasteiger partial charge >= 0.3 is 0 Å². The van der Waals surface area contributed by atoms with E-state index in [4.69, 9.17) is 27.9 Å². The molecule has 0 radical (unpaired) electrons. The maximum atomic E-state index is 12.8. The highest BCUT2D eigenvalue weighted by atomic mass is 35.5. The zero-order valence-electron chi connectivity index (χ0n) is 11.6. The van der Waals surface area contributed by atoms with Crippen molar-refractivity contribution in [3.63, 3.8) is 0 Å². The van der Waals surface area contributed by atoms with Gasteiger partial charge in [-0.05, 0) is 25.0 Å². The van der Waals surface area contributed by atoms with E-state index in [0.29, 0.717) is 23.3 Å². The molecule has 1 atom stereocenters. The second kappa shape index (κ2) is 6.78. The molecule has 0 spiro atoms. The van der Waals surface area contributed by atoms with Crippen molar-refractivity contribution in [1.29, 1.82) is 0 Å². The first kappa shape index (κ1) is 15.5. The lowest BCUT2D eigenvalue weighted by Gasteiger charge is -2.30. The summed E-state index contributed by atoms with van der Waals surface area (Å²) >= 11 is 14.0. The monoisotopic (exact) mass is 345 g/mol. The molecule has 21 heavy (non-hydrogen) atoms. The second-order valence-electron chi connectivity index (χ2n) is 5.31. The molecule has 114 valence electrons. The number of carbonyl (C=O) groups excluding carboxylic acids is 1. The number of ether oxygens (including phenoxy) is 1. The number of thioether (sulfide) groups is 1. The third-order valence-corrected chi connectivity index (χ3v) is 5.78. The van der Waals surface area contributed by atoms with E-state index in [9.17, 15) is 4.79 Å². The molecular weight excluding hydrogens is 329 g/mol. The van der Waals surface area contributed by atoms with E-state index in [2.05, 4.69) is 0 Å². The summed E-state index contributed by atoms with van der Waals surface area (Å²) in [5.74, 6) is 1.27. The van der Waals surface area contributed by atoms with Crippen LogP contribution in [0.15, 0.2) is 18.2 Å². The van der Waals surface area contributed by atoms with Crippen molar-refractivity contribution in [3.8, 4) is 0 Å². The molecule has 0 N–H and O–H groups in total. The van der Waals surface area contributed by atoms with Gasteiger partial charge in [-0.15, -0.1) is 11.8 Å². The van der Waals surface area contributed by atoms with E-state index in [0.717, 1.165) is 30.7 Å². The molecule has 0 aromatic heterocycles. The molecule has 2 saturated heterocycles. The summed E-state index contributed by atoms with van der Waals surface area (Å²) in [5.41, 5.74) is 0.976. The molecule has 0 bridgehead atoms. The SMILES string of the molecule is O=C(C1CCOCC1)N1CCSC1c1ccc(Cl)cc1Cl. The Morgan fingerprint density at radius 2 is 2.05 bits per heavy atom. The van der Waals surface area contributed by atoms with Crippen LogP contribution in [-0.2, 0) is 9.53 Å². The maximum Gasteiger partial charge on any atom is 0.227 e. The Labute approximate surface area is 138 Å². The lowest BCUT2D eigenvalue weighted by atomic mass is 9.98. The number of hydrogen-bond acceptors (Lipinski definition) is 3. The molecule has 3 rings (SSSR count). The van der Waals surface area contributed by atoms with Gasteiger partial charge in [0.15, 0.2) is 0 Å². The van der Waals surface area contributed by atoms with E-state index in [1.807, 2.05) is 17.0 Å². The average molecular weight is 346 g/mol. The fraction of sp³-hybridized carbons (Fsp3) is 0.533. The van der Waals surface area contributed by atoms with Crippen molar-refractivity contribution in [1.82, 2.24) is 4.90 Å². The molecule has 1 aromatic rings. The summed E-state index contributed by atoms with van der Waals surface area (Å²) in [4.78, 5) is 14.7. The lowest BCUT2D eigenvalue weighted by Crippen LogP contribution is -2.38. The first-order valence-electron chi connectivity index (χ1n) is 7.11. The fourth-order valence-corrected chi connectivity index (χ4v) is 4.71. The molecule has 0 saturated carbocycles. The molecular formula is C15H17Cl2NO2S. The van der Waals surface area contributed by atoms with Crippen LogP contribution in [0.1, 0.15) is 23.8 Å². The maximum absolute atomic E-state index is 12.8. The minimum Gasteiger partial charge on any atom is -0.381 e. The number of amides is 1. The minimum atomic E-state index is 0.00473. The molecule has 1 aromatic carbocycles. The van der Waals surface area contributed by atoms with Gasteiger partial charge in [-0.1, -0.05) is 29.3 Å². The summed E-state index contributed by atoms with van der Waals surface area (Å²) in [7, 11) is 0. The van der Waals surface area contributed by atoms with Crippen LogP contribution in [-0.4, -0.2) is 36.3 Å². The summed E-state index contributed by atoms with van der Waals surface area (Å²) in [6.07, 6.45) is 1.64. The number of carbonyl (C=O) groups is 1. The number of halogens is 2. The van der Waals surface area contributed by atoms with Crippen molar-refractivity contribution in [2.75, 3.05) is 25.5 Å². The van der Waals surface area contributed by atoms with Crippen LogP contribution in [0.4, 0.5) is 0 Å². The van der Waals surface area contributed by atoms with Crippen LogP contribution < -0.4 is 0 Å². The summed E-state index contributed by atoms with van der Waals surface area (Å²) < 4.78 is 5.34. The Bertz CT molecular complexity index is 534. The minimum absolute atomic E-state index is 0.00473. The highest BCUT2D eigenvalue weighted by Crippen LogP contribution is 2.42. The summed E-state index contributed by atoms with van der Waals surface area (Å²) in [5, 5.41) is 1.26. The van der Waals surface area contributed by atoms with E-state index in [1.54, 1.807) is 17.8 Å². The zero-order chi connectivity index (χ0) is 14.8. The van der Waals surface area contributed by atoms with Crippen LogP contribution in [0, 0.1) is 5.92 Å². The number of benzene rings is 1. The molecule has 6 heteroatoms. The van der Waals surface area contributed by atoms with Gasteiger partial charge in [0, 0.05) is 47.0 Å². The van der Waals surface area contributed by atoms with Crippen molar-refractivity contribution < 1.29 is 9.53 Å². The van der Waals surface area contributed by atoms with Crippen LogP contribution >= 0.6 is 35.0 Å². The van der Waals surface area contributed by atoms with Crippen molar-refractivity contribution in [2.24, 2.45) is 5.92 Å². The van der Waals surface area contributed by atoms with Crippen LogP contribution in [0.25, 0.3) is 0 Å². The van der Waals surface area contributed by atoms with E-state index in [-0.39, 0.29) is 17.2 Å². The molecule has 2 heterocycles. The second-order valence-corrected chi connectivity index (χ2v) is 7.34. The van der Waals surface area contributed by atoms with Gasteiger partial charge in [-0.25, -0.2) is 0 Å². The fourth-order valence-electron chi connectivity index (χ4n) is 2.83. The summed E-state index contributed by atoms with van der Waals surface area (Å²) in [6.45, 7) is 2.15. The van der Waals surface area contributed by atoms with Gasteiger partial charge in [0.25, 0.3) is 0 Å². The lowest BCUT2D eigenvalue weighted by molar-refractivity contribution is -0.138. The smallest absolute Gasteiger partial charge is 0.227 e. The quantitative estimate of drug-likeness (QED) is 0.811. The zero-order valence-corrected chi connectivity index (χ0v) is 13.9. The van der Waals surface area contributed by atoms with Crippen LogP contribution in [0.5, 0.6) is 0 Å². The Balaban J connectivity index is 1.80. The molecule has 1 unspecified atom stereocenters. The Morgan fingerprint density at radius 1 is 1.29 bits per heavy atom. The molecule has 1 amide bonds. The number of nitrogens with zero attached hydrogens (tertiary/aromatic N) is 1. The topological polar surface area (TPSA) is 29.5 Å². The van der Waals surface area contributed by atoms with E-state index < -0.39 is 0 Å². The Morgan fingerprint density at radius 3 is 2.76 bits per heavy atom. The molecule has 2 aliphatic rings. The Hall–Kier alpha value is -0.420. The van der Waals surface area contributed by atoms with Crippen molar-refractivity contribution in [2.45, 2.75) is 18.2 Å². The number of hydrogen-bond donors (Lipinski definition) is 0. The first-order chi connectivity index (χ1) is 10.2. The normalized spacial score (nSPS) is 23.5. The van der Waals surface area contributed by atoms with Gasteiger partial charge in [-0.2, -0.15) is 0 Å². The van der Waals surface area contributed by atoms with Crippen LogP contribution in [0.3, 0.4) is 0 Å². The molecule has 2 fully saturated rings. The van der Waals surface area contributed by atoms with Crippen molar-refractivity contribution >= 4 is 40.9 Å². The highest BCUT2D eigenvalue weighted by molar-refractivity contribution is 7.99. The van der Waals surface area contributed by atoms with Gasteiger partial charge in [0.05, 0.1) is 0 Å². The predicted octanol–water partition coefficient (Wildman–Crippen LogP) is 3.99. The standard InChI is InChI=1S/C15H17Cl2NO2S/c16-11-1-2-12(13(17)9-11)15-18(5-8-21-15)14(19)10-3-6-20-7-4-10/h1-2,9-10,15H,3-8H2. The van der Waals surface area contributed by atoms with Gasteiger partial charge in [0.1, 0.15) is 5.37 Å². The van der Waals surface area contributed by atoms with Crippen LogP contribution in [0.2, 0.25) is 10.0 Å². The first-order valence-corrected chi connectivity index (χ1v) is 8.92. The van der Waals surface area contributed by atoms with E-state index in [1.165, 1.54) is 0 Å². The third kappa shape index (κ3) is 3.34.